The van der Waals surface area contributed by atoms with Crippen molar-refractivity contribution in [2.45, 2.75) is 31.7 Å². The molecule has 4 rings (SSSR count). The molecule has 0 saturated heterocycles. The summed E-state index contributed by atoms with van der Waals surface area (Å²) >= 11 is 6.30. The number of hydrogen-bond acceptors (Lipinski definition) is 5. The van der Waals surface area contributed by atoms with Crippen molar-refractivity contribution in [3.05, 3.63) is 64.4 Å². The number of aliphatic imine (C=N–C) groups is 1. The predicted molar refractivity (Wildman–Crippen MR) is 118 cm³/mol. The summed E-state index contributed by atoms with van der Waals surface area (Å²) in [6, 6.07) is 10.9. The van der Waals surface area contributed by atoms with Gasteiger partial charge in [0.2, 0.25) is 11.7 Å². The lowest BCUT2D eigenvalue weighted by atomic mass is 9.99. The van der Waals surface area contributed by atoms with Crippen LogP contribution < -0.4 is 5.73 Å². The summed E-state index contributed by atoms with van der Waals surface area (Å²) in [5.41, 5.74) is 8.48. The lowest BCUT2D eigenvalue weighted by Gasteiger charge is -2.14. The van der Waals surface area contributed by atoms with Crippen molar-refractivity contribution in [2.24, 2.45) is 16.6 Å². The molecule has 31 heavy (non-hydrogen) atoms. The molecule has 0 spiro atoms. The van der Waals surface area contributed by atoms with E-state index in [0.29, 0.717) is 39.2 Å². The number of nitrogens with one attached hydrogen (secondary N) is 1. The highest BCUT2D eigenvalue weighted by Crippen LogP contribution is 2.36. The van der Waals surface area contributed by atoms with Crippen molar-refractivity contribution in [3.8, 4) is 0 Å². The van der Waals surface area contributed by atoms with Gasteiger partial charge in [-0.15, -0.1) is 0 Å². The molecule has 1 unspecified atom stereocenters. The highest BCUT2D eigenvalue weighted by atomic mass is 35.5. The summed E-state index contributed by atoms with van der Waals surface area (Å²) in [6.45, 7) is 0. The monoisotopic (exact) mass is 441 g/mol. The zero-order chi connectivity index (χ0) is 22.1. The van der Waals surface area contributed by atoms with E-state index >= 15 is 0 Å². The van der Waals surface area contributed by atoms with Gasteiger partial charge in [0, 0.05) is 28.5 Å². The number of carbonyl (C=O) groups excluding carboxylic acids is 1. The van der Waals surface area contributed by atoms with Gasteiger partial charge in [-0.2, -0.15) is 5.41 Å². The van der Waals surface area contributed by atoms with Crippen LogP contribution in [0.2, 0.25) is 5.02 Å². The Morgan fingerprint density at radius 1 is 1.29 bits per heavy atom. The van der Waals surface area contributed by atoms with Crippen molar-refractivity contribution in [2.75, 3.05) is 7.11 Å². The molecule has 1 aliphatic heterocycles. The first-order chi connectivity index (χ1) is 14.9. The molecule has 2 aromatic carbocycles. The first-order valence-corrected chi connectivity index (χ1v) is 10.5. The number of nitrogens with two attached hydrogens (primary N) is 1. The van der Waals surface area contributed by atoms with E-state index in [1.807, 2.05) is 0 Å². The third-order valence-electron chi connectivity index (χ3n) is 5.52. The van der Waals surface area contributed by atoms with Gasteiger partial charge in [-0.3, -0.25) is 9.79 Å². The van der Waals surface area contributed by atoms with Gasteiger partial charge in [-0.25, -0.2) is 8.97 Å². The molecule has 0 radical (unpaired) electrons. The molecule has 6 nitrogen and oxygen atoms in total. The third kappa shape index (κ3) is 4.23. The number of hydrogen-bond donors (Lipinski definition) is 2. The van der Waals surface area contributed by atoms with Crippen LogP contribution in [0.1, 0.15) is 36.8 Å². The van der Waals surface area contributed by atoms with E-state index in [9.17, 15) is 9.18 Å². The van der Waals surface area contributed by atoms with E-state index < -0.39 is 11.9 Å². The Balaban J connectivity index is 1.93. The standard InChI is InChI=1S/C23H22ClFN4O2/c1-31-20(30)11-9-18-23(27)29(22(26)13-6-7-13)19-10-8-14(24)12-16(19)21(28-18)15-4-2-3-5-17(15)25/h2-5,8,10,12-13,18,26-27H,6-7,9,11H2,1H3/p+1. The topological polar surface area (TPSA) is 91.5 Å². The first-order valence-electron chi connectivity index (χ1n) is 10.1. The van der Waals surface area contributed by atoms with Crippen LogP contribution in [-0.2, 0) is 9.53 Å². The molecule has 8 heteroatoms. The second kappa shape index (κ2) is 8.59. The minimum Gasteiger partial charge on any atom is -0.469 e. The molecule has 0 amide bonds. The summed E-state index contributed by atoms with van der Waals surface area (Å²) in [5.74, 6) is -0.00423. The summed E-state index contributed by atoms with van der Waals surface area (Å²) in [7, 11) is 1.32. The average molecular weight is 442 g/mol. The van der Waals surface area contributed by atoms with Gasteiger partial charge >= 0.3 is 5.97 Å². The van der Waals surface area contributed by atoms with E-state index in [0.717, 1.165) is 12.8 Å². The number of rotatable bonds is 5. The van der Waals surface area contributed by atoms with Crippen molar-refractivity contribution in [1.82, 2.24) is 0 Å². The minimum atomic E-state index is -0.640. The molecule has 2 aliphatic rings. The average Bonchev–Trinajstić information content (AvgIpc) is 3.61. The molecule has 1 fully saturated rings. The maximum atomic E-state index is 14.8. The summed E-state index contributed by atoms with van der Waals surface area (Å²) in [4.78, 5) is 16.6. The zero-order valence-electron chi connectivity index (χ0n) is 17.1. The van der Waals surface area contributed by atoms with Crippen molar-refractivity contribution >= 4 is 40.6 Å². The Morgan fingerprint density at radius 3 is 2.71 bits per heavy atom. The molecule has 1 aliphatic carbocycles. The third-order valence-corrected chi connectivity index (χ3v) is 5.76. The molecule has 1 atom stereocenters. The number of esters is 1. The quantitative estimate of drug-likeness (QED) is 0.317. The van der Waals surface area contributed by atoms with Crippen molar-refractivity contribution < 1.29 is 18.5 Å². The van der Waals surface area contributed by atoms with E-state index in [-0.39, 0.29) is 24.7 Å². The number of nitrogens with zero attached hydrogens (tertiary/aromatic N) is 2. The number of carbonyl (C=O) groups is 1. The van der Waals surface area contributed by atoms with Gasteiger partial charge in [-0.1, -0.05) is 23.7 Å². The second-order valence-electron chi connectivity index (χ2n) is 7.67. The molecule has 2 aromatic rings. The normalized spacial score (nSPS) is 18.2. The molecular weight excluding hydrogens is 419 g/mol. The fraction of sp³-hybridized carbons (Fsp3) is 0.304. The second-order valence-corrected chi connectivity index (χ2v) is 8.11. The fourth-order valence-electron chi connectivity index (χ4n) is 3.72. The summed E-state index contributed by atoms with van der Waals surface area (Å²) in [5, 5.41) is 9.21. The van der Waals surface area contributed by atoms with Gasteiger partial charge < -0.3 is 10.5 Å². The molecule has 1 heterocycles. The summed E-state index contributed by atoms with van der Waals surface area (Å²) < 4.78 is 21.3. The van der Waals surface area contributed by atoms with Gasteiger partial charge in [0.25, 0.3) is 0 Å². The van der Waals surface area contributed by atoms with Gasteiger partial charge in [0.05, 0.1) is 12.8 Å². The molecular formula is C23H23ClFN4O2+. The van der Waals surface area contributed by atoms with Gasteiger partial charge in [-0.05, 0) is 49.6 Å². The lowest BCUT2D eigenvalue weighted by molar-refractivity contribution is -0.316. The first kappa shape index (κ1) is 21.2. The van der Waals surface area contributed by atoms with Crippen LogP contribution in [0, 0.1) is 17.1 Å². The van der Waals surface area contributed by atoms with Crippen LogP contribution in [0.4, 0.5) is 10.1 Å². The Bertz CT molecular complexity index is 1120. The minimum absolute atomic E-state index is 0.0949. The maximum absolute atomic E-state index is 14.8. The van der Waals surface area contributed by atoms with Crippen LogP contribution in [0.25, 0.3) is 0 Å². The van der Waals surface area contributed by atoms with Crippen LogP contribution in [0.3, 0.4) is 0 Å². The Morgan fingerprint density at radius 2 is 2.03 bits per heavy atom. The molecule has 0 aromatic heterocycles. The van der Waals surface area contributed by atoms with Crippen molar-refractivity contribution in [3.63, 3.8) is 0 Å². The Kier molecular flexibility index (Phi) is 5.87. The Labute approximate surface area is 184 Å². The SMILES string of the molecule is COC(=O)CCC1N=C(c2ccccc2F)c2cc(Cl)ccc2[N+](C(=N)C2CC2)=C1N. The van der Waals surface area contributed by atoms with E-state index in [4.69, 9.17) is 32.5 Å². The maximum Gasteiger partial charge on any atom is 0.305 e. The van der Waals surface area contributed by atoms with E-state index in [2.05, 4.69) is 0 Å². The van der Waals surface area contributed by atoms with Gasteiger partial charge in [0.1, 0.15) is 17.5 Å². The number of fused-ring (bicyclic) bond motifs is 1. The smallest absolute Gasteiger partial charge is 0.305 e. The fourth-order valence-corrected chi connectivity index (χ4v) is 3.89. The van der Waals surface area contributed by atoms with Crippen LogP contribution in [0.15, 0.2) is 47.5 Å². The van der Waals surface area contributed by atoms with E-state index in [1.54, 1.807) is 41.0 Å². The lowest BCUT2D eigenvalue weighted by Crippen LogP contribution is -2.38. The molecule has 160 valence electrons. The highest BCUT2D eigenvalue weighted by Gasteiger charge is 2.38. The molecule has 0 bridgehead atoms. The van der Waals surface area contributed by atoms with Crippen LogP contribution in [0.5, 0.6) is 0 Å². The Hall–Kier alpha value is -3.06. The number of methoxy groups -OCH3 is 1. The number of amidine groups is 2. The largest absolute Gasteiger partial charge is 0.469 e. The highest BCUT2D eigenvalue weighted by molar-refractivity contribution is 6.31. The van der Waals surface area contributed by atoms with Gasteiger partial charge in [0.15, 0.2) is 0 Å². The van der Waals surface area contributed by atoms with E-state index in [1.165, 1.54) is 13.2 Å². The predicted octanol–water partition coefficient (Wildman–Crippen LogP) is 4.04. The molecule has 1 saturated carbocycles. The molecule has 3 N–H and O–H groups in total. The van der Waals surface area contributed by atoms with Crippen LogP contribution >= 0.6 is 11.6 Å². The summed E-state index contributed by atoms with van der Waals surface area (Å²) in [6.07, 6.45) is 2.20. The van der Waals surface area contributed by atoms with Crippen LogP contribution in [-0.4, -0.2) is 41.1 Å². The number of halogens is 2. The number of benzene rings is 2. The zero-order valence-corrected chi connectivity index (χ0v) is 17.8. The van der Waals surface area contributed by atoms with Crippen molar-refractivity contribution in [1.29, 1.82) is 5.41 Å². The number of ether oxygens (including phenoxy) is 1.